The van der Waals surface area contributed by atoms with Crippen LogP contribution in [-0.2, 0) is 13.0 Å². The molecule has 1 aliphatic rings. The van der Waals surface area contributed by atoms with Crippen molar-refractivity contribution in [1.29, 1.82) is 0 Å². The second-order valence-corrected chi connectivity index (χ2v) is 8.22. The Hall–Kier alpha value is -2.95. The van der Waals surface area contributed by atoms with Crippen molar-refractivity contribution < 1.29 is 4.79 Å². The van der Waals surface area contributed by atoms with Crippen molar-refractivity contribution in [2.75, 3.05) is 0 Å². The van der Waals surface area contributed by atoms with Crippen molar-refractivity contribution in [3.63, 3.8) is 0 Å². The molecule has 1 aromatic heterocycles. The molecule has 0 saturated carbocycles. The quantitative estimate of drug-likeness (QED) is 0.709. The van der Waals surface area contributed by atoms with Gasteiger partial charge in [-0.3, -0.25) is 9.59 Å². The van der Waals surface area contributed by atoms with Gasteiger partial charge in [-0.2, -0.15) is 5.10 Å². The van der Waals surface area contributed by atoms with E-state index >= 15 is 0 Å². The molecule has 4 rings (SSSR count). The van der Waals surface area contributed by atoms with E-state index in [-0.39, 0.29) is 17.5 Å². The zero-order chi connectivity index (χ0) is 20.4. The van der Waals surface area contributed by atoms with Gasteiger partial charge < -0.3 is 5.32 Å². The Morgan fingerprint density at radius 1 is 1.14 bits per heavy atom. The third-order valence-electron chi connectivity index (χ3n) is 5.68. The van der Waals surface area contributed by atoms with Gasteiger partial charge in [0.25, 0.3) is 11.5 Å². The maximum absolute atomic E-state index is 13.2. The molecule has 1 N–H and O–H groups in total. The number of carbonyl (C=O) groups excluding carboxylic acids is 1. The minimum atomic E-state index is -0.221. The lowest BCUT2D eigenvalue weighted by molar-refractivity contribution is 0.0927. The number of benzene rings is 2. The largest absolute Gasteiger partial charge is 0.344 e. The molecule has 1 atom stereocenters. The summed E-state index contributed by atoms with van der Waals surface area (Å²) < 4.78 is 1.45. The molecule has 0 spiro atoms. The maximum Gasteiger partial charge on any atom is 0.274 e. The number of nitrogens with one attached hydrogen (secondary N) is 1. The molecule has 150 valence electrons. The second-order valence-electron chi connectivity index (χ2n) is 8.22. The first-order valence-electron chi connectivity index (χ1n) is 10.4. The monoisotopic (exact) mass is 389 g/mol. The lowest BCUT2D eigenvalue weighted by Crippen LogP contribution is -2.34. The number of rotatable bonds is 5. The van der Waals surface area contributed by atoms with Gasteiger partial charge in [-0.25, -0.2) is 4.68 Å². The molecule has 3 aromatic rings. The van der Waals surface area contributed by atoms with E-state index in [0.29, 0.717) is 28.9 Å². The molecule has 0 saturated heterocycles. The standard InChI is InChI=1S/C24H27N3O2/c1-16(2)14-15-27-24(29)20-12-6-5-11-19(20)22(26-27)23(28)25-21-13-7-9-17-8-3-4-10-18(17)21/h3-6,8,10-12,16,21H,7,9,13-15H2,1-2H3,(H,25,28)/t21-/m0/s1. The predicted octanol–water partition coefficient (Wildman–Crippen LogP) is 4.25. The Labute approximate surface area is 170 Å². The minimum Gasteiger partial charge on any atom is -0.344 e. The highest BCUT2D eigenvalue weighted by Gasteiger charge is 2.24. The lowest BCUT2D eigenvalue weighted by atomic mass is 9.87. The first kappa shape index (κ1) is 19.4. The molecule has 5 heteroatoms. The van der Waals surface area contributed by atoms with Gasteiger partial charge in [-0.05, 0) is 48.8 Å². The SMILES string of the molecule is CC(C)CCn1nc(C(=O)N[C@H]2CCCc3ccccc32)c2ccccc2c1=O. The molecule has 0 unspecified atom stereocenters. The number of fused-ring (bicyclic) bond motifs is 2. The normalized spacial score (nSPS) is 16.0. The minimum absolute atomic E-state index is 0.0240. The zero-order valence-corrected chi connectivity index (χ0v) is 17.0. The fourth-order valence-corrected chi connectivity index (χ4v) is 4.07. The number of hydrogen-bond acceptors (Lipinski definition) is 3. The van der Waals surface area contributed by atoms with E-state index in [4.69, 9.17) is 0 Å². The van der Waals surface area contributed by atoms with Crippen LogP contribution in [-0.4, -0.2) is 15.7 Å². The Morgan fingerprint density at radius 2 is 1.86 bits per heavy atom. The summed E-state index contributed by atoms with van der Waals surface area (Å²) in [6.07, 6.45) is 3.84. The number of nitrogens with zero attached hydrogens (tertiary/aromatic N) is 2. The first-order valence-corrected chi connectivity index (χ1v) is 10.4. The lowest BCUT2D eigenvalue weighted by Gasteiger charge is -2.26. The van der Waals surface area contributed by atoms with Crippen molar-refractivity contribution in [1.82, 2.24) is 15.1 Å². The highest BCUT2D eigenvalue weighted by atomic mass is 16.2. The second kappa shape index (κ2) is 8.19. The molecule has 2 aromatic carbocycles. The smallest absolute Gasteiger partial charge is 0.274 e. The first-order chi connectivity index (χ1) is 14.0. The maximum atomic E-state index is 13.2. The topological polar surface area (TPSA) is 64.0 Å². The third kappa shape index (κ3) is 3.95. The summed E-state index contributed by atoms with van der Waals surface area (Å²) in [5.41, 5.74) is 2.67. The van der Waals surface area contributed by atoms with Crippen LogP contribution in [0, 0.1) is 5.92 Å². The van der Waals surface area contributed by atoms with E-state index in [1.807, 2.05) is 24.3 Å². The Kier molecular flexibility index (Phi) is 5.47. The fourth-order valence-electron chi connectivity index (χ4n) is 4.07. The van der Waals surface area contributed by atoms with E-state index in [1.165, 1.54) is 15.8 Å². The molecular formula is C24H27N3O2. The third-order valence-corrected chi connectivity index (χ3v) is 5.68. The Balaban J connectivity index is 1.71. The van der Waals surface area contributed by atoms with Crippen molar-refractivity contribution in [2.45, 2.75) is 52.1 Å². The van der Waals surface area contributed by atoms with Crippen LogP contribution in [0.15, 0.2) is 53.3 Å². The predicted molar refractivity (Wildman–Crippen MR) is 115 cm³/mol. The van der Waals surface area contributed by atoms with Gasteiger partial charge in [0.2, 0.25) is 0 Å². The van der Waals surface area contributed by atoms with Crippen LogP contribution in [0.1, 0.15) is 60.8 Å². The summed E-state index contributed by atoms with van der Waals surface area (Å²) in [4.78, 5) is 26.1. The molecule has 5 nitrogen and oxygen atoms in total. The van der Waals surface area contributed by atoms with Crippen molar-refractivity contribution >= 4 is 16.7 Å². The van der Waals surface area contributed by atoms with Crippen LogP contribution in [0.5, 0.6) is 0 Å². The Morgan fingerprint density at radius 3 is 2.66 bits per heavy atom. The summed E-state index contributed by atoms with van der Waals surface area (Å²) in [5, 5.41) is 8.82. The van der Waals surface area contributed by atoms with Crippen LogP contribution in [0.3, 0.4) is 0 Å². The van der Waals surface area contributed by atoms with Crippen molar-refractivity contribution in [2.24, 2.45) is 5.92 Å². The zero-order valence-electron chi connectivity index (χ0n) is 17.0. The van der Waals surface area contributed by atoms with Crippen LogP contribution >= 0.6 is 0 Å². The molecule has 0 bridgehead atoms. The molecule has 0 fully saturated rings. The number of aromatic nitrogens is 2. The highest BCUT2D eigenvalue weighted by Crippen LogP contribution is 2.29. The number of hydrogen-bond donors (Lipinski definition) is 1. The molecule has 1 aliphatic carbocycles. The summed E-state index contributed by atoms with van der Waals surface area (Å²) in [7, 11) is 0. The van der Waals surface area contributed by atoms with Gasteiger partial charge >= 0.3 is 0 Å². The van der Waals surface area contributed by atoms with Crippen LogP contribution in [0.25, 0.3) is 10.8 Å². The van der Waals surface area contributed by atoms with Gasteiger partial charge in [-0.1, -0.05) is 56.3 Å². The van der Waals surface area contributed by atoms with E-state index in [0.717, 1.165) is 25.7 Å². The molecule has 0 aliphatic heterocycles. The summed E-state index contributed by atoms with van der Waals surface area (Å²) in [6.45, 7) is 4.73. The van der Waals surface area contributed by atoms with Crippen LogP contribution in [0.2, 0.25) is 0 Å². The molecular weight excluding hydrogens is 362 g/mol. The summed E-state index contributed by atoms with van der Waals surface area (Å²) >= 11 is 0. The van der Waals surface area contributed by atoms with E-state index in [9.17, 15) is 9.59 Å². The van der Waals surface area contributed by atoms with Gasteiger partial charge in [0.05, 0.1) is 11.4 Å². The Bertz CT molecular complexity index is 1100. The highest BCUT2D eigenvalue weighted by molar-refractivity contribution is 6.04. The molecule has 1 amide bonds. The average molecular weight is 389 g/mol. The average Bonchev–Trinajstić information content (AvgIpc) is 2.73. The van der Waals surface area contributed by atoms with Crippen LogP contribution in [0.4, 0.5) is 0 Å². The van der Waals surface area contributed by atoms with Crippen LogP contribution < -0.4 is 10.9 Å². The van der Waals surface area contributed by atoms with Gasteiger partial charge in [-0.15, -0.1) is 0 Å². The van der Waals surface area contributed by atoms with Gasteiger partial charge in [0.1, 0.15) is 0 Å². The summed E-state index contributed by atoms with van der Waals surface area (Å²) in [5.74, 6) is 0.229. The molecule has 1 heterocycles. The molecule has 29 heavy (non-hydrogen) atoms. The fraction of sp³-hybridized carbons (Fsp3) is 0.375. The van der Waals surface area contributed by atoms with Gasteiger partial charge in [0.15, 0.2) is 5.69 Å². The van der Waals surface area contributed by atoms with E-state index < -0.39 is 0 Å². The molecule has 0 radical (unpaired) electrons. The van der Waals surface area contributed by atoms with E-state index in [2.05, 4.69) is 36.4 Å². The summed E-state index contributed by atoms with van der Waals surface area (Å²) in [6, 6.07) is 15.5. The number of amides is 1. The van der Waals surface area contributed by atoms with Gasteiger partial charge in [0, 0.05) is 11.9 Å². The van der Waals surface area contributed by atoms with Crippen molar-refractivity contribution in [3.8, 4) is 0 Å². The number of carbonyl (C=O) groups is 1. The van der Waals surface area contributed by atoms with E-state index in [1.54, 1.807) is 12.1 Å². The van der Waals surface area contributed by atoms with Crippen molar-refractivity contribution in [3.05, 3.63) is 75.7 Å². The number of aryl methyl sites for hydroxylation is 2.